The summed E-state index contributed by atoms with van der Waals surface area (Å²) in [4.78, 5) is 4.72. The number of halogens is 2. The van der Waals surface area contributed by atoms with Crippen LogP contribution in [0.2, 0.25) is 0 Å². The average molecular weight is 504 g/mol. The minimum absolute atomic E-state index is 0.235. The van der Waals surface area contributed by atoms with E-state index in [1.54, 1.807) is 49.9 Å². The zero-order valence-corrected chi connectivity index (χ0v) is 21.0. The second kappa shape index (κ2) is 9.49. The number of nitrogens with zero attached hydrogens (tertiary/aromatic N) is 4. The zero-order chi connectivity index (χ0) is 26.3. The van der Waals surface area contributed by atoms with Gasteiger partial charge in [0.15, 0.2) is 11.4 Å². The van der Waals surface area contributed by atoms with Crippen molar-refractivity contribution < 1.29 is 18.3 Å². The van der Waals surface area contributed by atoms with Gasteiger partial charge in [-0.15, -0.1) is 10.2 Å². The van der Waals surface area contributed by atoms with Crippen molar-refractivity contribution >= 4 is 11.1 Å². The number of benzene rings is 3. The number of hydrogen-bond donors (Lipinski definition) is 2. The minimum Gasteiger partial charge on any atom is -0.436 e. The number of fused-ring (bicyclic) bond motifs is 1. The molecule has 0 saturated carbocycles. The van der Waals surface area contributed by atoms with Gasteiger partial charge in [0.05, 0.1) is 5.60 Å². The van der Waals surface area contributed by atoms with Crippen LogP contribution in [0.15, 0.2) is 59.3 Å². The summed E-state index contributed by atoms with van der Waals surface area (Å²) < 4.78 is 36.8. The van der Waals surface area contributed by atoms with E-state index in [9.17, 15) is 9.50 Å². The molecule has 0 bridgehead atoms. The second-order valence-corrected chi connectivity index (χ2v) is 9.76. The van der Waals surface area contributed by atoms with E-state index in [1.165, 1.54) is 12.1 Å². The molecule has 37 heavy (non-hydrogen) atoms. The number of nitrogens with one attached hydrogen (secondary N) is 1. The van der Waals surface area contributed by atoms with Crippen molar-refractivity contribution in [3.8, 4) is 34.0 Å². The van der Waals surface area contributed by atoms with Crippen molar-refractivity contribution in [3.63, 3.8) is 0 Å². The van der Waals surface area contributed by atoms with Crippen LogP contribution in [-0.4, -0.2) is 37.0 Å². The van der Waals surface area contributed by atoms with Crippen molar-refractivity contribution in [2.45, 2.75) is 32.9 Å². The van der Waals surface area contributed by atoms with Crippen LogP contribution < -0.4 is 5.32 Å². The molecular formula is C28H27F2N5O2. The summed E-state index contributed by atoms with van der Waals surface area (Å²) in [5.41, 5.74) is 3.70. The lowest BCUT2D eigenvalue weighted by atomic mass is 9.94. The van der Waals surface area contributed by atoms with Crippen LogP contribution in [0.4, 0.5) is 8.78 Å². The largest absolute Gasteiger partial charge is 0.436 e. The van der Waals surface area contributed by atoms with Gasteiger partial charge in [-0.2, -0.15) is 0 Å². The lowest BCUT2D eigenvalue weighted by molar-refractivity contribution is 0.0794. The van der Waals surface area contributed by atoms with E-state index in [4.69, 9.17) is 9.40 Å². The molecule has 2 heterocycles. The Hall–Kier alpha value is -3.95. The van der Waals surface area contributed by atoms with Crippen molar-refractivity contribution in [2.75, 3.05) is 6.54 Å². The monoisotopic (exact) mass is 503 g/mol. The van der Waals surface area contributed by atoms with E-state index in [0.29, 0.717) is 51.6 Å². The molecule has 3 aromatic carbocycles. The summed E-state index contributed by atoms with van der Waals surface area (Å²) in [5.74, 6) is 0.175. The fourth-order valence-corrected chi connectivity index (χ4v) is 4.37. The van der Waals surface area contributed by atoms with Gasteiger partial charge in [0.25, 0.3) is 0 Å². The summed E-state index contributed by atoms with van der Waals surface area (Å²) >= 11 is 0. The molecule has 0 amide bonds. The molecule has 0 atom stereocenters. The molecule has 0 saturated heterocycles. The maximum atomic E-state index is 15.2. The maximum Gasteiger partial charge on any atom is 0.228 e. The number of aryl methyl sites for hydroxylation is 2. The maximum absolute atomic E-state index is 15.2. The summed E-state index contributed by atoms with van der Waals surface area (Å²) in [7, 11) is 1.83. The number of hydrogen-bond acceptors (Lipinski definition) is 6. The van der Waals surface area contributed by atoms with Crippen LogP contribution in [0.25, 0.3) is 45.1 Å². The Morgan fingerprint density at radius 2 is 1.81 bits per heavy atom. The smallest absolute Gasteiger partial charge is 0.228 e. The molecule has 5 aromatic rings. The molecule has 0 aliphatic heterocycles. The van der Waals surface area contributed by atoms with E-state index >= 15 is 4.39 Å². The van der Waals surface area contributed by atoms with Crippen LogP contribution in [0.3, 0.4) is 0 Å². The Labute approximate surface area is 212 Å². The van der Waals surface area contributed by atoms with Crippen LogP contribution >= 0.6 is 0 Å². The summed E-state index contributed by atoms with van der Waals surface area (Å²) in [6.07, 6.45) is 1.60. The normalized spacial score (nSPS) is 12.0. The highest BCUT2D eigenvalue weighted by atomic mass is 19.1. The Morgan fingerprint density at radius 3 is 2.49 bits per heavy atom. The average Bonchev–Trinajstić information content (AvgIpc) is 3.47. The summed E-state index contributed by atoms with van der Waals surface area (Å²) in [5, 5.41) is 21.4. The van der Waals surface area contributed by atoms with E-state index < -0.39 is 5.60 Å². The highest BCUT2D eigenvalue weighted by molar-refractivity contribution is 5.92. The van der Waals surface area contributed by atoms with Crippen LogP contribution in [0.5, 0.6) is 0 Å². The van der Waals surface area contributed by atoms with E-state index in [2.05, 4.69) is 15.5 Å². The van der Waals surface area contributed by atoms with Crippen molar-refractivity contribution in [2.24, 2.45) is 7.05 Å². The van der Waals surface area contributed by atoms with Gasteiger partial charge in [0, 0.05) is 42.4 Å². The molecule has 2 aromatic heterocycles. The van der Waals surface area contributed by atoms with Crippen molar-refractivity contribution in [3.05, 3.63) is 77.6 Å². The van der Waals surface area contributed by atoms with Gasteiger partial charge in [0.1, 0.15) is 23.5 Å². The van der Waals surface area contributed by atoms with Crippen molar-refractivity contribution in [1.29, 1.82) is 0 Å². The lowest BCUT2D eigenvalue weighted by Crippen LogP contribution is -2.34. The topological polar surface area (TPSA) is 89.0 Å². The van der Waals surface area contributed by atoms with Crippen molar-refractivity contribution in [1.82, 2.24) is 25.1 Å². The summed E-state index contributed by atoms with van der Waals surface area (Å²) in [6.45, 7) is 5.57. The molecule has 0 fully saturated rings. The number of rotatable bonds is 7. The number of aromatic nitrogens is 4. The molecule has 190 valence electrons. The van der Waals surface area contributed by atoms with Crippen LogP contribution in [0.1, 0.15) is 25.0 Å². The fraction of sp³-hybridized carbons (Fsp3) is 0.250. The zero-order valence-electron chi connectivity index (χ0n) is 21.0. The van der Waals surface area contributed by atoms with Gasteiger partial charge in [-0.25, -0.2) is 13.8 Å². The third kappa shape index (κ3) is 4.87. The third-order valence-electron chi connectivity index (χ3n) is 6.17. The van der Waals surface area contributed by atoms with Crippen LogP contribution in [-0.2, 0) is 13.6 Å². The Balaban J connectivity index is 1.65. The number of oxazole rings is 1. The first-order valence-corrected chi connectivity index (χ1v) is 11.9. The van der Waals surface area contributed by atoms with E-state index in [-0.39, 0.29) is 18.2 Å². The van der Waals surface area contributed by atoms with Gasteiger partial charge >= 0.3 is 0 Å². The molecule has 7 nitrogen and oxygen atoms in total. The van der Waals surface area contributed by atoms with E-state index in [1.807, 2.05) is 25.2 Å². The Bertz CT molecular complexity index is 1580. The molecule has 2 N–H and O–H groups in total. The SMILES string of the molecule is Cc1c(F)c(CNCC(C)(C)O)cc2nc(-c3cccc(-c4ccc(F)cc4)c3-c3nncn3C)oc12. The first-order chi connectivity index (χ1) is 17.6. The predicted octanol–water partition coefficient (Wildman–Crippen LogP) is 5.40. The highest BCUT2D eigenvalue weighted by Gasteiger charge is 2.23. The molecule has 0 unspecified atom stereocenters. The van der Waals surface area contributed by atoms with E-state index in [0.717, 1.165) is 11.1 Å². The predicted molar refractivity (Wildman–Crippen MR) is 138 cm³/mol. The Morgan fingerprint density at radius 1 is 1.08 bits per heavy atom. The molecule has 5 rings (SSSR count). The molecule has 0 spiro atoms. The lowest BCUT2D eigenvalue weighted by Gasteiger charge is -2.18. The first-order valence-electron chi connectivity index (χ1n) is 11.9. The third-order valence-corrected chi connectivity index (χ3v) is 6.17. The quantitative estimate of drug-likeness (QED) is 0.309. The van der Waals surface area contributed by atoms with Gasteiger partial charge in [-0.05, 0) is 56.2 Å². The first kappa shape index (κ1) is 24.7. The van der Waals surface area contributed by atoms with Gasteiger partial charge in [-0.3, -0.25) is 0 Å². The Kier molecular flexibility index (Phi) is 6.35. The molecule has 0 aliphatic rings. The highest BCUT2D eigenvalue weighted by Crippen LogP contribution is 2.40. The molecule has 9 heteroatoms. The number of aliphatic hydroxyl groups is 1. The molecule has 0 radical (unpaired) electrons. The van der Waals surface area contributed by atoms with Gasteiger partial charge < -0.3 is 19.4 Å². The fourth-order valence-electron chi connectivity index (χ4n) is 4.37. The van der Waals surface area contributed by atoms with Gasteiger partial charge in [0.2, 0.25) is 5.89 Å². The van der Waals surface area contributed by atoms with Crippen LogP contribution in [0, 0.1) is 18.6 Å². The second-order valence-electron chi connectivity index (χ2n) is 9.76. The standard InChI is InChI=1S/C28H27F2N5O2/c1-16-24(30)18(13-31-14-28(2,3)36)12-22-25(16)37-27(33-22)21-7-5-6-20(17-8-10-19(29)11-9-17)23(21)26-34-32-15-35(26)4/h5-12,15,31,36H,13-14H2,1-4H3. The minimum atomic E-state index is -0.914. The molecular weight excluding hydrogens is 476 g/mol. The summed E-state index contributed by atoms with van der Waals surface area (Å²) in [6, 6.07) is 13.5. The van der Waals surface area contributed by atoms with Gasteiger partial charge in [-0.1, -0.05) is 24.3 Å². The molecule has 0 aliphatic carbocycles.